The average molecular weight is 219 g/mol. The fourth-order valence-electron chi connectivity index (χ4n) is 0.434. The van der Waals surface area contributed by atoms with E-state index in [1.54, 1.807) is 0 Å². The van der Waals surface area contributed by atoms with Gasteiger partial charge in [-0.2, -0.15) is 0 Å². The van der Waals surface area contributed by atoms with Crippen molar-refractivity contribution in [3.05, 3.63) is 0 Å². The molecule has 0 heterocycles. The number of alkyl halides is 3. The van der Waals surface area contributed by atoms with Crippen LogP contribution in [0.4, 0.5) is 13.2 Å². The maximum absolute atomic E-state index is 11.5. The molecule has 0 aliphatic rings. The van der Waals surface area contributed by atoms with Gasteiger partial charge in [-0.3, -0.25) is 0 Å². The molecule has 62 valence electrons. The van der Waals surface area contributed by atoms with Crippen LogP contribution in [0, 0.1) is 0 Å². The maximum atomic E-state index is 11.5. The Morgan fingerprint density at radius 2 is 1.90 bits per heavy atom. The molecule has 0 amide bonds. The van der Waals surface area contributed by atoms with Crippen molar-refractivity contribution in [1.29, 1.82) is 0 Å². The Morgan fingerprint density at radius 3 is 2.30 bits per heavy atom. The Hall–Kier alpha value is 0.309. The second-order valence-electron chi connectivity index (χ2n) is 2.02. The van der Waals surface area contributed by atoms with Gasteiger partial charge in [-0.1, -0.05) is 0 Å². The standard InChI is InChI=1S/C6H11F3Se/c1-2-3-4-10-5-6(7,8)9/h2-5H2,1H3. The predicted octanol–water partition coefficient (Wildman–Crippen LogP) is 2.89. The van der Waals surface area contributed by atoms with Crippen molar-refractivity contribution in [2.24, 2.45) is 0 Å². The molecular weight excluding hydrogens is 208 g/mol. The van der Waals surface area contributed by atoms with Crippen LogP contribution < -0.4 is 0 Å². The zero-order valence-corrected chi connectivity index (χ0v) is 7.58. The third kappa shape index (κ3) is 8.31. The molecule has 0 spiro atoms. The molecule has 0 aromatic carbocycles. The second-order valence-corrected chi connectivity index (χ2v) is 4.34. The summed E-state index contributed by atoms with van der Waals surface area (Å²) in [6.07, 6.45) is -1.98. The molecule has 0 aliphatic carbocycles. The number of unbranched alkanes of at least 4 members (excludes halogenated alkanes) is 1. The molecule has 0 aromatic rings. The van der Waals surface area contributed by atoms with Gasteiger partial charge in [-0.05, 0) is 0 Å². The third-order valence-electron chi connectivity index (χ3n) is 0.908. The molecule has 0 atom stereocenters. The van der Waals surface area contributed by atoms with Gasteiger partial charge >= 0.3 is 64.7 Å². The molecule has 0 saturated carbocycles. The summed E-state index contributed by atoms with van der Waals surface area (Å²) in [6, 6.07) is 0. The Balaban J connectivity index is 3.04. The van der Waals surface area contributed by atoms with Crippen molar-refractivity contribution in [1.82, 2.24) is 0 Å². The summed E-state index contributed by atoms with van der Waals surface area (Å²) in [7, 11) is 0. The zero-order chi connectivity index (χ0) is 8.04. The molecule has 0 nitrogen and oxygen atoms in total. The quantitative estimate of drug-likeness (QED) is 0.503. The SMILES string of the molecule is CCCC[Se]CC(F)(F)F. The molecule has 0 aromatic heterocycles. The molecule has 0 saturated heterocycles. The van der Waals surface area contributed by atoms with E-state index in [1.807, 2.05) is 6.92 Å². The third-order valence-corrected chi connectivity index (χ3v) is 3.23. The van der Waals surface area contributed by atoms with Gasteiger partial charge in [0.15, 0.2) is 0 Å². The van der Waals surface area contributed by atoms with Crippen LogP contribution in [0.2, 0.25) is 10.6 Å². The molecule has 0 bridgehead atoms. The van der Waals surface area contributed by atoms with Crippen molar-refractivity contribution in [2.75, 3.05) is 0 Å². The summed E-state index contributed by atoms with van der Waals surface area (Å²) in [4.78, 5) is 0. The van der Waals surface area contributed by atoms with Crippen LogP contribution in [0.25, 0.3) is 0 Å². The van der Waals surface area contributed by atoms with Gasteiger partial charge in [-0.25, -0.2) is 0 Å². The molecule has 0 unspecified atom stereocenters. The Labute approximate surface area is 65.3 Å². The first-order valence-electron chi connectivity index (χ1n) is 3.20. The molecule has 0 rings (SSSR count). The van der Waals surface area contributed by atoms with E-state index in [0.717, 1.165) is 18.2 Å². The normalized spacial score (nSPS) is 12.0. The number of hydrogen-bond donors (Lipinski definition) is 0. The summed E-state index contributed by atoms with van der Waals surface area (Å²) in [5.41, 5.74) is 0. The summed E-state index contributed by atoms with van der Waals surface area (Å²) >= 11 is -0.214. The number of halogens is 3. The van der Waals surface area contributed by atoms with E-state index in [2.05, 4.69) is 0 Å². The van der Waals surface area contributed by atoms with Crippen molar-refractivity contribution >= 4 is 15.0 Å². The van der Waals surface area contributed by atoms with Crippen LogP contribution in [0.1, 0.15) is 19.8 Å². The van der Waals surface area contributed by atoms with Crippen LogP contribution in [-0.4, -0.2) is 21.1 Å². The first-order chi connectivity index (χ1) is 4.56. The Bertz CT molecular complexity index is 79.6. The van der Waals surface area contributed by atoms with Crippen molar-refractivity contribution in [2.45, 2.75) is 36.6 Å². The van der Waals surface area contributed by atoms with Gasteiger partial charge in [0.1, 0.15) is 0 Å². The van der Waals surface area contributed by atoms with Gasteiger partial charge in [0.25, 0.3) is 0 Å². The fourth-order valence-corrected chi connectivity index (χ4v) is 2.26. The summed E-state index contributed by atoms with van der Waals surface area (Å²) in [5.74, 6) is 0. The zero-order valence-electron chi connectivity index (χ0n) is 5.87. The van der Waals surface area contributed by atoms with Gasteiger partial charge in [0.05, 0.1) is 0 Å². The molecule has 0 aliphatic heterocycles. The topological polar surface area (TPSA) is 0 Å². The van der Waals surface area contributed by atoms with E-state index in [0.29, 0.717) is 0 Å². The van der Waals surface area contributed by atoms with E-state index in [-0.39, 0.29) is 15.0 Å². The van der Waals surface area contributed by atoms with E-state index in [4.69, 9.17) is 0 Å². The van der Waals surface area contributed by atoms with Crippen LogP contribution in [-0.2, 0) is 0 Å². The van der Waals surface area contributed by atoms with Crippen molar-refractivity contribution < 1.29 is 13.2 Å². The van der Waals surface area contributed by atoms with Crippen LogP contribution in [0.15, 0.2) is 0 Å². The average Bonchev–Trinajstić information content (AvgIpc) is 1.78. The molecular formula is C6H11F3Se. The second kappa shape index (κ2) is 5.03. The molecule has 0 fully saturated rings. The minimum absolute atomic E-state index is 0.214. The van der Waals surface area contributed by atoms with Crippen molar-refractivity contribution in [3.63, 3.8) is 0 Å². The monoisotopic (exact) mass is 220 g/mol. The van der Waals surface area contributed by atoms with Crippen molar-refractivity contribution in [3.8, 4) is 0 Å². The Morgan fingerprint density at radius 1 is 1.30 bits per heavy atom. The summed E-state index contributed by atoms with van der Waals surface area (Å²) in [5, 5.41) is 0.211. The van der Waals surface area contributed by atoms with E-state index in [9.17, 15) is 13.2 Å². The van der Waals surface area contributed by atoms with Gasteiger partial charge in [0.2, 0.25) is 0 Å². The Kier molecular flexibility index (Phi) is 5.18. The fraction of sp³-hybridized carbons (Fsp3) is 1.00. The predicted molar refractivity (Wildman–Crippen MR) is 36.3 cm³/mol. The molecule has 4 heteroatoms. The number of hydrogen-bond acceptors (Lipinski definition) is 0. The first kappa shape index (κ1) is 10.3. The van der Waals surface area contributed by atoms with E-state index < -0.39 is 11.5 Å². The van der Waals surface area contributed by atoms with E-state index >= 15 is 0 Å². The summed E-state index contributed by atoms with van der Waals surface area (Å²) in [6.45, 7) is 1.99. The minimum atomic E-state index is -3.92. The van der Waals surface area contributed by atoms with Gasteiger partial charge in [-0.15, -0.1) is 0 Å². The van der Waals surface area contributed by atoms with E-state index in [1.165, 1.54) is 0 Å². The van der Waals surface area contributed by atoms with Gasteiger partial charge in [0, 0.05) is 0 Å². The first-order valence-corrected chi connectivity index (χ1v) is 5.63. The molecule has 10 heavy (non-hydrogen) atoms. The van der Waals surface area contributed by atoms with Crippen LogP contribution >= 0.6 is 0 Å². The molecule has 0 N–H and O–H groups in total. The van der Waals surface area contributed by atoms with Gasteiger partial charge < -0.3 is 0 Å². The summed E-state index contributed by atoms with van der Waals surface area (Å²) < 4.78 is 34.5. The number of rotatable bonds is 4. The van der Waals surface area contributed by atoms with Crippen LogP contribution in [0.3, 0.4) is 0 Å². The van der Waals surface area contributed by atoms with Crippen LogP contribution in [0.5, 0.6) is 0 Å². The molecule has 0 radical (unpaired) electrons.